The van der Waals surface area contributed by atoms with Crippen LogP contribution in [0.2, 0.25) is 0 Å². The largest absolute Gasteiger partial charge is 0.459 e. The average molecular weight is 364 g/mol. The van der Waals surface area contributed by atoms with Crippen molar-refractivity contribution in [2.45, 2.75) is 45.1 Å². The topological polar surface area (TPSA) is 61.8 Å². The number of fused-ring (bicyclic) bond motifs is 8. The van der Waals surface area contributed by atoms with E-state index >= 15 is 0 Å². The Balaban J connectivity index is 0.000000286. The lowest BCUT2D eigenvalue weighted by Crippen LogP contribution is -2.39. The Morgan fingerprint density at radius 1 is 1.12 bits per heavy atom. The molecule has 4 aliphatic carbocycles. The fraction of sp³-hybridized carbons (Fsp3) is 0.810. The first-order valence-corrected chi connectivity index (χ1v) is 9.97. The number of methoxy groups -OCH3 is 1. The molecule has 0 saturated heterocycles. The predicted molar refractivity (Wildman–Crippen MR) is 97.2 cm³/mol. The highest BCUT2D eigenvalue weighted by atomic mass is 16.7. The number of esters is 1. The third-order valence-electron chi connectivity index (χ3n) is 7.06. The minimum atomic E-state index is -0.283. The van der Waals surface area contributed by atoms with Gasteiger partial charge in [0, 0.05) is 25.7 Å². The first kappa shape index (κ1) is 19.6. The smallest absolute Gasteiger partial charge is 0.330 e. The number of hydrogen-bond donors (Lipinski definition) is 0. The molecule has 0 N–H and O–H groups in total. The molecule has 4 fully saturated rings. The van der Waals surface area contributed by atoms with Crippen LogP contribution < -0.4 is 0 Å². The van der Waals surface area contributed by atoms with Gasteiger partial charge in [-0.05, 0) is 74.5 Å². The van der Waals surface area contributed by atoms with Crippen molar-refractivity contribution in [2.75, 3.05) is 20.5 Å². The van der Waals surface area contributed by atoms with Crippen molar-refractivity contribution in [1.82, 2.24) is 0 Å². The van der Waals surface area contributed by atoms with Crippen molar-refractivity contribution < 1.29 is 23.8 Å². The summed E-state index contributed by atoms with van der Waals surface area (Å²) in [5, 5.41) is 0. The van der Waals surface area contributed by atoms with E-state index in [4.69, 9.17) is 9.47 Å². The summed E-state index contributed by atoms with van der Waals surface area (Å²) >= 11 is 0. The molecule has 8 unspecified atom stereocenters. The van der Waals surface area contributed by atoms with E-state index in [1.54, 1.807) is 7.11 Å². The highest BCUT2D eigenvalue weighted by Gasteiger charge is 2.60. The third-order valence-corrected chi connectivity index (χ3v) is 7.06. The number of carbonyl (C=O) groups is 2. The lowest BCUT2D eigenvalue weighted by Gasteiger charge is -2.42. The molecule has 4 aliphatic rings. The number of hydrogen-bond acceptors (Lipinski definition) is 5. The van der Waals surface area contributed by atoms with Crippen LogP contribution in [-0.2, 0) is 23.8 Å². The Labute approximate surface area is 156 Å². The zero-order chi connectivity index (χ0) is 18.7. The molecule has 0 aromatic rings. The van der Waals surface area contributed by atoms with Crippen LogP contribution in [0.3, 0.4) is 0 Å². The maximum Gasteiger partial charge on any atom is 0.330 e. The van der Waals surface area contributed by atoms with Gasteiger partial charge < -0.3 is 19.0 Å². The van der Waals surface area contributed by atoms with Gasteiger partial charge in [0.2, 0.25) is 0 Å². The molecular formula is C21H32O5. The Bertz CT molecular complexity index is 515. The van der Waals surface area contributed by atoms with Crippen LogP contribution in [0.1, 0.15) is 39.0 Å². The number of rotatable bonds is 6. The van der Waals surface area contributed by atoms with Gasteiger partial charge in [0.05, 0.1) is 0 Å². The molecule has 4 saturated carbocycles. The molecule has 4 bridgehead atoms. The molecule has 5 nitrogen and oxygen atoms in total. The first-order valence-electron chi connectivity index (χ1n) is 9.97. The molecule has 8 atom stereocenters. The van der Waals surface area contributed by atoms with E-state index in [1.807, 2.05) is 6.92 Å². The summed E-state index contributed by atoms with van der Waals surface area (Å²) in [7, 11) is 1.61. The molecule has 0 aromatic carbocycles. The van der Waals surface area contributed by atoms with Crippen LogP contribution in [0.15, 0.2) is 12.7 Å². The second-order valence-electron chi connectivity index (χ2n) is 8.25. The van der Waals surface area contributed by atoms with Gasteiger partial charge in [0.1, 0.15) is 19.2 Å². The van der Waals surface area contributed by atoms with E-state index in [1.165, 1.54) is 31.6 Å². The van der Waals surface area contributed by atoms with Crippen molar-refractivity contribution in [3.8, 4) is 0 Å². The van der Waals surface area contributed by atoms with Gasteiger partial charge in [-0.2, -0.15) is 0 Å². The number of ether oxygens (including phenoxy) is 3. The van der Waals surface area contributed by atoms with Gasteiger partial charge in [-0.25, -0.2) is 4.79 Å². The van der Waals surface area contributed by atoms with Crippen LogP contribution in [-0.4, -0.2) is 38.9 Å². The summed E-state index contributed by atoms with van der Waals surface area (Å²) in [5.74, 6) is 3.98. The van der Waals surface area contributed by atoms with Gasteiger partial charge in [-0.1, -0.05) is 6.58 Å². The maximum atomic E-state index is 11.5. The van der Waals surface area contributed by atoms with Crippen molar-refractivity contribution in [3.05, 3.63) is 12.7 Å². The zero-order valence-corrected chi connectivity index (χ0v) is 16.0. The number of aldehydes is 1. The minimum absolute atomic E-state index is 0.0761. The molecule has 0 spiro atoms. The fourth-order valence-corrected chi connectivity index (χ4v) is 6.33. The fourth-order valence-electron chi connectivity index (χ4n) is 6.33. The quantitative estimate of drug-likeness (QED) is 0.238. The standard InChI is InChI=1S/C17H22O3.C4H10O2/c1-2-16(19)20-15-5-9-3-12-10-6-11(8-18)13(7-10)17(12)14(15)4-9;1-3-6-4-5-2/h2,8-15,17H,1,3-7H2;3-4H2,1-2H3. The molecule has 4 rings (SSSR count). The molecule has 146 valence electrons. The minimum Gasteiger partial charge on any atom is -0.459 e. The summed E-state index contributed by atoms with van der Waals surface area (Å²) in [5.41, 5.74) is 0. The molecule has 5 heteroatoms. The van der Waals surface area contributed by atoms with Gasteiger partial charge in [-0.3, -0.25) is 0 Å². The third kappa shape index (κ3) is 3.74. The van der Waals surface area contributed by atoms with Crippen LogP contribution in [0.5, 0.6) is 0 Å². The van der Waals surface area contributed by atoms with E-state index in [0.29, 0.717) is 24.5 Å². The van der Waals surface area contributed by atoms with Crippen molar-refractivity contribution >= 4 is 12.3 Å². The second kappa shape index (κ2) is 8.66. The molecular weight excluding hydrogens is 332 g/mol. The van der Waals surface area contributed by atoms with E-state index in [9.17, 15) is 9.59 Å². The van der Waals surface area contributed by atoms with Gasteiger partial charge in [0.15, 0.2) is 0 Å². The molecule has 0 heterocycles. The SMILES string of the molecule is C=CC(=O)OC1CC2CC3C4CC(C=O)C(C4)C3C1C2.CCOCOC. The summed E-state index contributed by atoms with van der Waals surface area (Å²) < 4.78 is 14.9. The van der Waals surface area contributed by atoms with Crippen LogP contribution in [0, 0.1) is 41.4 Å². The van der Waals surface area contributed by atoms with Crippen molar-refractivity contribution in [3.63, 3.8) is 0 Å². The zero-order valence-electron chi connectivity index (χ0n) is 16.0. The number of carbonyl (C=O) groups excluding carboxylic acids is 2. The summed E-state index contributed by atoms with van der Waals surface area (Å²) in [4.78, 5) is 22.8. The van der Waals surface area contributed by atoms with Crippen molar-refractivity contribution in [1.29, 1.82) is 0 Å². The summed E-state index contributed by atoms with van der Waals surface area (Å²) in [6.45, 7) is 6.57. The van der Waals surface area contributed by atoms with Crippen LogP contribution in [0.4, 0.5) is 0 Å². The summed E-state index contributed by atoms with van der Waals surface area (Å²) in [6.07, 6.45) is 8.42. The Morgan fingerprint density at radius 2 is 1.88 bits per heavy atom. The Hall–Kier alpha value is -1.20. The Morgan fingerprint density at radius 3 is 2.50 bits per heavy atom. The highest BCUT2D eigenvalue weighted by Crippen LogP contribution is 2.65. The first-order chi connectivity index (χ1) is 12.6. The normalized spacial score (nSPS) is 41.8. The second-order valence-corrected chi connectivity index (χ2v) is 8.25. The van der Waals surface area contributed by atoms with Gasteiger partial charge in [-0.15, -0.1) is 0 Å². The highest BCUT2D eigenvalue weighted by molar-refractivity contribution is 5.81. The molecule has 0 amide bonds. The van der Waals surface area contributed by atoms with E-state index in [-0.39, 0.29) is 18.0 Å². The summed E-state index contributed by atoms with van der Waals surface area (Å²) in [6, 6.07) is 0. The molecule has 0 aromatic heterocycles. The van der Waals surface area contributed by atoms with Crippen LogP contribution >= 0.6 is 0 Å². The predicted octanol–water partition coefficient (Wildman–Crippen LogP) is 3.23. The van der Waals surface area contributed by atoms with E-state index in [2.05, 4.69) is 11.3 Å². The lowest BCUT2D eigenvalue weighted by atomic mass is 9.63. The van der Waals surface area contributed by atoms with Gasteiger partial charge in [0.25, 0.3) is 0 Å². The maximum absolute atomic E-state index is 11.5. The molecule has 0 radical (unpaired) electrons. The van der Waals surface area contributed by atoms with Gasteiger partial charge >= 0.3 is 5.97 Å². The molecule has 0 aliphatic heterocycles. The van der Waals surface area contributed by atoms with E-state index in [0.717, 1.165) is 37.2 Å². The monoisotopic (exact) mass is 364 g/mol. The Kier molecular flexibility index (Phi) is 6.51. The lowest BCUT2D eigenvalue weighted by molar-refractivity contribution is -0.146. The molecule has 26 heavy (non-hydrogen) atoms. The van der Waals surface area contributed by atoms with Crippen molar-refractivity contribution in [2.24, 2.45) is 41.4 Å². The van der Waals surface area contributed by atoms with Crippen LogP contribution in [0.25, 0.3) is 0 Å². The van der Waals surface area contributed by atoms with E-state index < -0.39 is 0 Å². The average Bonchev–Trinajstić information content (AvgIpc) is 3.33.